The number of hydrogen-bond donors (Lipinski definition) is 1. The van der Waals surface area contributed by atoms with Gasteiger partial charge in [-0.1, -0.05) is 6.42 Å². The van der Waals surface area contributed by atoms with Crippen molar-refractivity contribution in [2.75, 3.05) is 6.61 Å². The first-order valence-electron chi connectivity index (χ1n) is 4.50. The van der Waals surface area contributed by atoms with Crippen LogP contribution >= 0.6 is 0 Å². The largest absolute Gasteiger partial charge is 0.395 e. The fourth-order valence-electron chi connectivity index (χ4n) is 1.85. The molecule has 1 aromatic heterocycles. The van der Waals surface area contributed by atoms with Crippen molar-refractivity contribution in [1.82, 2.24) is 4.98 Å². The molecule has 1 aromatic rings. The van der Waals surface area contributed by atoms with Gasteiger partial charge in [-0.3, -0.25) is 4.98 Å². The van der Waals surface area contributed by atoms with E-state index in [-0.39, 0.29) is 17.8 Å². The van der Waals surface area contributed by atoms with Gasteiger partial charge in [-0.2, -0.15) is 0 Å². The molecule has 0 aromatic carbocycles. The normalized spacial score (nSPS) is 19.5. The lowest BCUT2D eigenvalue weighted by Crippen LogP contribution is -2.39. The Morgan fingerprint density at radius 1 is 1.54 bits per heavy atom. The fraction of sp³-hybridized carbons (Fsp3) is 0.500. The zero-order valence-corrected chi connectivity index (χ0v) is 7.33. The molecule has 0 amide bonds. The number of rotatable bonds is 2. The molecule has 0 spiro atoms. The van der Waals surface area contributed by atoms with Crippen LogP contribution in [0.2, 0.25) is 0 Å². The summed E-state index contributed by atoms with van der Waals surface area (Å²) in [6.07, 6.45) is 4.32. The summed E-state index contributed by atoms with van der Waals surface area (Å²) in [5.74, 6) is -0.295. The van der Waals surface area contributed by atoms with Gasteiger partial charge in [-0.15, -0.1) is 0 Å². The Hall–Kier alpha value is -0.960. The Morgan fingerprint density at radius 2 is 2.31 bits per heavy atom. The maximum absolute atomic E-state index is 13.3. The highest BCUT2D eigenvalue weighted by Crippen LogP contribution is 2.42. The molecule has 13 heavy (non-hydrogen) atoms. The molecule has 0 unspecified atom stereocenters. The highest BCUT2D eigenvalue weighted by molar-refractivity contribution is 5.22. The van der Waals surface area contributed by atoms with Crippen LogP contribution in [-0.2, 0) is 5.41 Å². The van der Waals surface area contributed by atoms with Crippen molar-refractivity contribution >= 4 is 0 Å². The molecule has 3 heteroatoms. The standard InChI is InChI=1S/C10H12FNO/c11-8-3-1-6-12-9(8)10(7-13)4-2-5-10/h1,3,6,13H,2,4-5,7H2. The van der Waals surface area contributed by atoms with Crippen LogP contribution in [0.25, 0.3) is 0 Å². The molecule has 2 nitrogen and oxygen atoms in total. The van der Waals surface area contributed by atoms with Crippen LogP contribution in [0, 0.1) is 5.82 Å². The van der Waals surface area contributed by atoms with Crippen molar-refractivity contribution in [2.24, 2.45) is 0 Å². The first-order valence-corrected chi connectivity index (χ1v) is 4.50. The third kappa shape index (κ3) is 1.23. The number of halogens is 1. The van der Waals surface area contributed by atoms with Crippen molar-refractivity contribution < 1.29 is 9.50 Å². The predicted octanol–water partition coefficient (Wildman–Crippen LogP) is 1.63. The summed E-state index contributed by atoms with van der Waals surface area (Å²) in [6.45, 7) is 0.000926. The number of nitrogens with zero attached hydrogens (tertiary/aromatic N) is 1. The molecule has 0 radical (unpaired) electrons. The zero-order valence-electron chi connectivity index (χ0n) is 7.33. The van der Waals surface area contributed by atoms with E-state index in [2.05, 4.69) is 4.98 Å². The van der Waals surface area contributed by atoms with E-state index in [1.807, 2.05) is 0 Å². The third-order valence-corrected chi connectivity index (χ3v) is 2.87. The van der Waals surface area contributed by atoms with Crippen LogP contribution in [0.1, 0.15) is 25.0 Å². The number of aliphatic hydroxyl groups excluding tert-OH is 1. The number of pyridine rings is 1. The lowest BCUT2D eigenvalue weighted by molar-refractivity contribution is 0.112. The minimum atomic E-state index is -0.384. The predicted molar refractivity (Wildman–Crippen MR) is 46.8 cm³/mol. The maximum atomic E-state index is 13.3. The summed E-state index contributed by atoms with van der Waals surface area (Å²) >= 11 is 0. The Bertz CT molecular complexity index is 304. The summed E-state index contributed by atoms with van der Waals surface area (Å²) in [7, 11) is 0. The molecule has 70 valence electrons. The molecule has 0 aliphatic heterocycles. The van der Waals surface area contributed by atoms with Gasteiger partial charge >= 0.3 is 0 Å². The molecule has 1 saturated carbocycles. The summed E-state index contributed by atoms with van der Waals surface area (Å²) in [6, 6.07) is 2.97. The summed E-state index contributed by atoms with van der Waals surface area (Å²) in [5, 5.41) is 9.21. The summed E-state index contributed by atoms with van der Waals surface area (Å²) in [5.41, 5.74) is 0.0504. The molecule has 1 heterocycles. The number of aliphatic hydroxyl groups is 1. The topological polar surface area (TPSA) is 33.1 Å². The summed E-state index contributed by atoms with van der Waals surface area (Å²) < 4.78 is 13.3. The second-order valence-electron chi connectivity index (χ2n) is 3.63. The van der Waals surface area contributed by atoms with E-state index in [1.54, 1.807) is 12.3 Å². The van der Waals surface area contributed by atoms with Crippen molar-refractivity contribution in [3.05, 3.63) is 29.8 Å². The fourth-order valence-corrected chi connectivity index (χ4v) is 1.85. The van der Waals surface area contributed by atoms with Gasteiger partial charge < -0.3 is 5.11 Å². The minimum Gasteiger partial charge on any atom is -0.395 e. The Morgan fingerprint density at radius 3 is 2.77 bits per heavy atom. The average molecular weight is 181 g/mol. The second-order valence-corrected chi connectivity index (χ2v) is 3.63. The van der Waals surface area contributed by atoms with Crippen LogP contribution in [0.15, 0.2) is 18.3 Å². The number of aromatic nitrogens is 1. The minimum absolute atomic E-state index is 0.000926. The van der Waals surface area contributed by atoms with E-state index >= 15 is 0 Å². The van der Waals surface area contributed by atoms with Gasteiger partial charge in [0.15, 0.2) is 0 Å². The van der Waals surface area contributed by atoms with Gasteiger partial charge in [0.2, 0.25) is 0 Å². The molecule has 0 atom stereocenters. The SMILES string of the molecule is OCC1(c2ncccc2F)CCC1. The third-order valence-electron chi connectivity index (χ3n) is 2.87. The zero-order chi connectivity index (χ0) is 9.31. The Balaban J connectivity index is 2.38. The molecule has 1 aliphatic rings. The highest BCUT2D eigenvalue weighted by atomic mass is 19.1. The maximum Gasteiger partial charge on any atom is 0.145 e. The summed E-state index contributed by atoms with van der Waals surface area (Å²) in [4.78, 5) is 4.01. The van der Waals surface area contributed by atoms with Crippen molar-refractivity contribution in [3.8, 4) is 0 Å². The van der Waals surface area contributed by atoms with E-state index in [0.717, 1.165) is 19.3 Å². The van der Waals surface area contributed by atoms with Crippen LogP contribution in [0.3, 0.4) is 0 Å². The van der Waals surface area contributed by atoms with Gasteiger partial charge in [-0.25, -0.2) is 4.39 Å². The van der Waals surface area contributed by atoms with Gasteiger partial charge in [-0.05, 0) is 25.0 Å². The monoisotopic (exact) mass is 181 g/mol. The molecule has 0 bridgehead atoms. The molecule has 2 rings (SSSR count). The van der Waals surface area contributed by atoms with E-state index in [1.165, 1.54) is 6.07 Å². The number of hydrogen-bond acceptors (Lipinski definition) is 2. The first-order chi connectivity index (χ1) is 6.28. The van der Waals surface area contributed by atoms with Gasteiger partial charge in [0.1, 0.15) is 5.82 Å². The van der Waals surface area contributed by atoms with Gasteiger partial charge in [0.05, 0.1) is 12.3 Å². The van der Waals surface area contributed by atoms with Gasteiger partial charge in [0.25, 0.3) is 0 Å². The Labute approximate surface area is 76.4 Å². The second kappa shape index (κ2) is 3.07. The molecule has 1 aliphatic carbocycles. The van der Waals surface area contributed by atoms with E-state index < -0.39 is 0 Å². The Kier molecular flexibility index (Phi) is 2.04. The van der Waals surface area contributed by atoms with E-state index in [9.17, 15) is 9.50 Å². The smallest absolute Gasteiger partial charge is 0.145 e. The van der Waals surface area contributed by atoms with E-state index in [0.29, 0.717) is 5.69 Å². The molecular weight excluding hydrogens is 169 g/mol. The lowest BCUT2D eigenvalue weighted by atomic mass is 9.67. The molecule has 0 saturated heterocycles. The molecular formula is C10H12FNO. The quantitative estimate of drug-likeness (QED) is 0.752. The van der Waals surface area contributed by atoms with Crippen molar-refractivity contribution in [3.63, 3.8) is 0 Å². The van der Waals surface area contributed by atoms with Gasteiger partial charge in [0, 0.05) is 11.6 Å². The van der Waals surface area contributed by atoms with Crippen LogP contribution in [0.4, 0.5) is 4.39 Å². The van der Waals surface area contributed by atoms with Crippen LogP contribution < -0.4 is 0 Å². The first kappa shape index (κ1) is 8.63. The lowest BCUT2D eigenvalue weighted by Gasteiger charge is -2.39. The van der Waals surface area contributed by atoms with Crippen molar-refractivity contribution in [1.29, 1.82) is 0 Å². The van der Waals surface area contributed by atoms with E-state index in [4.69, 9.17) is 0 Å². The van der Waals surface area contributed by atoms with Crippen molar-refractivity contribution in [2.45, 2.75) is 24.7 Å². The van der Waals surface area contributed by atoms with Crippen LogP contribution in [-0.4, -0.2) is 16.7 Å². The van der Waals surface area contributed by atoms with Crippen LogP contribution in [0.5, 0.6) is 0 Å². The molecule has 1 N–H and O–H groups in total. The average Bonchev–Trinajstić information content (AvgIpc) is 2.07. The molecule has 1 fully saturated rings. The highest BCUT2D eigenvalue weighted by Gasteiger charge is 2.41.